The summed E-state index contributed by atoms with van der Waals surface area (Å²) >= 11 is 11.4. The summed E-state index contributed by atoms with van der Waals surface area (Å²) in [4.78, 5) is 28.7. The first-order valence-corrected chi connectivity index (χ1v) is 10.8. The number of nitrogens with zero attached hydrogens (tertiary/aromatic N) is 1. The molecule has 5 nitrogen and oxygen atoms in total. The van der Waals surface area contributed by atoms with Crippen LogP contribution in [0.4, 0.5) is 18.9 Å². The number of aromatic amines is 1. The topological polar surface area (TPSA) is 66.9 Å². The molecule has 1 aromatic heterocycles. The van der Waals surface area contributed by atoms with Crippen molar-refractivity contribution in [2.24, 2.45) is 0 Å². The minimum absolute atomic E-state index is 0.0710. The SMILES string of the molecule is Cc1ccc(NC(=O)c2ccc3c(=O)n(-c4cc(C(F)(F)F)ccc4Cl)c(=S)[nH]c3c2)cc1C. The molecule has 4 aromatic rings. The van der Waals surface area contributed by atoms with Gasteiger partial charge in [-0.25, -0.2) is 0 Å². The Morgan fingerprint density at radius 3 is 2.44 bits per heavy atom. The maximum Gasteiger partial charge on any atom is 0.416 e. The highest BCUT2D eigenvalue weighted by atomic mass is 35.5. The molecule has 2 N–H and O–H groups in total. The fourth-order valence-corrected chi connectivity index (χ4v) is 3.95. The first-order valence-electron chi connectivity index (χ1n) is 10.0. The van der Waals surface area contributed by atoms with Gasteiger partial charge in [0.2, 0.25) is 0 Å². The van der Waals surface area contributed by atoms with Crippen molar-refractivity contribution in [3.8, 4) is 5.69 Å². The predicted molar refractivity (Wildman–Crippen MR) is 129 cm³/mol. The van der Waals surface area contributed by atoms with E-state index in [9.17, 15) is 22.8 Å². The largest absolute Gasteiger partial charge is 0.416 e. The second-order valence-electron chi connectivity index (χ2n) is 7.75. The van der Waals surface area contributed by atoms with Crippen LogP contribution in [0.25, 0.3) is 16.6 Å². The molecule has 0 saturated carbocycles. The van der Waals surface area contributed by atoms with Crippen molar-refractivity contribution in [3.05, 3.63) is 97.0 Å². The molecule has 0 aliphatic heterocycles. The zero-order valence-corrected chi connectivity index (χ0v) is 19.5. The summed E-state index contributed by atoms with van der Waals surface area (Å²) in [5.74, 6) is -0.394. The van der Waals surface area contributed by atoms with E-state index in [0.29, 0.717) is 5.69 Å². The van der Waals surface area contributed by atoms with Gasteiger partial charge in [0.25, 0.3) is 11.5 Å². The Morgan fingerprint density at radius 1 is 1.03 bits per heavy atom. The molecule has 0 aliphatic rings. The van der Waals surface area contributed by atoms with E-state index < -0.39 is 23.2 Å². The third-order valence-corrected chi connectivity index (χ3v) is 6.04. The first-order chi connectivity index (χ1) is 16.0. The van der Waals surface area contributed by atoms with E-state index in [0.717, 1.165) is 33.9 Å². The van der Waals surface area contributed by atoms with Gasteiger partial charge in [0.05, 0.1) is 27.2 Å². The summed E-state index contributed by atoms with van der Waals surface area (Å²) < 4.78 is 40.3. The highest BCUT2D eigenvalue weighted by molar-refractivity contribution is 7.71. The minimum Gasteiger partial charge on any atom is -0.331 e. The molecule has 0 radical (unpaired) electrons. The highest BCUT2D eigenvalue weighted by Gasteiger charge is 2.31. The fourth-order valence-electron chi connectivity index (χ4n) is 3.46. The summed E-state index contributed by atoms with van der Waals surface area (Å²) in [7, 11) is 0. The van der Waals surface area contributed by atoms with Gasteiger partial charge in [-0.05, 0) is 85.7 Å². The van der Waals surface area contributed by atoms with Gasteiger partial charge in [0.15, 0.2) is 4.77 Å². The van der Waals surface area contributed by atoms with Crippen molar-refractivity contribution >= 4 is 46.3 Å². The number of benzene rings is 3. The maximum atomic E-state index is 13.2. The van der Waals surface area contributed by atoms with E-state index in [1.54, 1.807) is 6.07 Å². The number of anilines is 1. The molecule has 0 atom stereocenters. The minimum atomic E-state index is -4.62. The highest BCUT2D eigenvalue weighted by Crippen LogP contribution is 2.33. The Labute approximate surface area is 201 Å². The third-order valence-electron chi connectivity index (χ3n) is 5.44. The van der Waals surface area contributed by atoms with Crippen LogP contribution < -0.4 is 10.9 Å². The van der Waals surface area contributed by atoms with Crippen LogP contribution in [0.15, 0.2) is 59.4 Å². The lowest BCUT2D eigenvalue weighted by atomic mass is 10.1. The predicted octanol–water partition coefficient (Wildman–Crippen LogP) is 6.59. The van der Waals surface area contributed by atoms with Crippen LogP contribution in [-0.2, 0) is 6.18 Å². The van der Waals surface area contributed by atoms with Gasteiger partial charge in [0, 0.05) is 11.3 Å². The number of rotatable bonds is 3. The normalized spacial score (nSPS) is 11.6. The summed E-state index contributed by atoms with van der Waals surface area (Å²) in [6, 6.07) is 12.5. The average molecular weight is 504 g/mol. The molecule has 0 fully saturated rings. The van der Waals surface area contributed by atoms with Crippen molar-refractivity contribution in [2.45, 2.75) is 20.0 Å². The van der Waals surface area contributed by atoms with Crippen LogP contribution in [0, 0.1) is 18.6 Å². The molecule has 4 rings (SSSR count). The fraction of sp³-hybridized carbons (Fsp3) is 0.125. The van der Waals surface area contributed by atoms with Crippen molar-refractivity contribution < 1.29 is 18.0 Å². The summed E-state index contributed by atoms with van der Waals surface area (Å²) in [5.41, 5.74) is 1.44. The van der Waals surface area contributed by atoms with Gasteiger partial charge in [-0.15, -0.1) is 0 Å². The van der Waals surface area contributed by atoms with Gasteiger partial charge in [-0.2, -0.15) is 13.2 Å². The van der Waals surface area contributed by atoms with Gasteiger partial charge in [-0.1, -0.05) is 17.7 Å². The van der Waals surface area contributed by atoms with Crippen LogP contribution in [0.5, 0.6) is 0 Å². The number of alkyl halides is 3. The molecule has 34 heavy (non-hydrogen) atoms. The van der Waals surface area contributed by atoms with Crippen LogP contribution in [0.3, 0.4) is 0 Å². The van der Waals surface area contributed by atoms with Crippen LogP contribution in [-0.4, -0.2) is 15.5 Å². The molecule has 0 unspecified atom stereocenters. The number of hydrogen-bond donors (Lipinski definition) is 2. The Morgan fingerprint density at radius 2 is 1.76 bits per heavy atom. The number of hydrogen-bond acceptors (Lipinski definition) is 3. The molecule has 0 saturated heterocycles. The molecule has 0 bridgehead atoms. The quantitative estimate of drug-likeness (QED) is 0.310. The number of halogens is 4. The number of H-pyrrole nitrogens is 1. The molecule has 1 heterocycles. The second-order valence-corrected chi connectivity index (χ2v) is 8.54. The van der Waals surface area contributed by atoms with Crippen LogP contribution >= 0.6 is 23.8 Å². The van der Waals surface area contributed by atoms with Gasteiger partial charge < -0.3 is 10.3 Å². The number of nitrogens with one attached hydrogen (secondary N) is 2. The van der Waals surface area contributed by atoms with E-state index >= 15 is 0 Å². The number of fused-ring (bicyclic) bond motifs is 1. The molecule has 174 valence electrons. The summed E-state index contributed by atoms with van der Waals surface area (Å²) in [6.07, 6.45) is -4.62. The first kappa shape index (κ1) is 23.7. The van der Waals surface area contributed by atoms with E-state index in [1.807, 2.05) is 26.0 Å². The smallest absolute Gasteiger partial charge is 0.331 e. The molecular weight excluding hydrogens is 487 g/mol. The lowest BCUT2D eigenvalue weighted by Crippen LogP contribution is -2.22. The number of carbonyl (C=O) groups is 1. The van der Waals surface area contributed by atoms with Gasteiger partial charge >= 0.3 is 6.18 Å². The molecule has 10 heteroatoms. The third kappa shape index (κ3) is 4.49. The van der Waals surface area contributed by atoms with Gasteiger partial charge in [-0.3, -0.25) is 14.2 Å². The number of aryl methyl sites for hydroxylation is 2. The number of carbonyl (C=O) groups excluding carboxylic acids is 1. The average Bonchev–Trinajstić information content (AvgIpc) is 2.76. The monoisotopic (exact) mass is 503 g/mol. The molecular formula is C24H17ClF3N3O2S. The van der Waals surface area contributed by atoms with Crippen molar-refractivity contribution in [3.63, 3.8) is 0 Å². The Hall–Kier alpha value is -3.43. The molecule has 3 aromatic carbocycles. The summed E-state index contributed by atoms with van der Waals surface area (Å²) in [5, 5.41) is 2.86. The zero-order valence-electron chi connectivity index (χ0n) is 17.9. The molecule has 0 aliphatic carbocycles. The Kier molecular flexibility index (Phi) is 6.09. The van der Waals surface area contributed by atoms with Crippen LogP contribution in [0.2, 0.25) is 5.02 Å². The Bertz CT molecular complexity index is 1580. The maximum absolute atomic E-state index is 13.2. The van der Waals surface area contributed by atoms with Crippen molar-refractivity contribution in [1.82, 2.24) is 9.55 Å². The summed E-state index contributed by atoms with van der Waals surface area (Å²) in [6.45, 7) is 3.90. The molecule has 0 spiro atoms. The lowest BCUT2D eigenvalue weighted by molar-refractivity contribution is -0.137. The van der Waals surface area contributed by atoms with Crippen molar-refractivity contribution in [1.29, 1.82) is 0 Å². The van der Waals surface area contributed by atoms with E-state index in [1.165, 1.54) is 18.2 Å². The van der Waals surface area contributed by atoms with E-state index in [4.69, 9.17) is 23.8 Å². The van der Waals surface area contributed by atoms with E-state index in [-0.39, 0.29) is 31.9 Å². The number of amides is 1. The second kappa shape index (κ2) is 8.73. The zero-order chi connectivity index (χ0) is 24.8. The number of aromatic nitrogens is 2. The van der Waals surface area contributed by atoms with Crippen molar-refractivity contribution in [2.75, 3.05) is 5.32 Å². The standard InChI is InChI=1S/C24H17ClF3N3O2S/c1-12-3-6-16(9-13(12)2)29-21(32)14-4-7-17-19(10-14)30-23(34)31(22(17)33)20-11-15(24(26,27)28)5-8-18(20)25/h3-11H,1-2H3,(H,29,32)(H,30,34). The molecule has 1 amide bonds. The van der Waals surface area contributed by atoms with Crippen LogP contribution in [0.1, 0.15) is 27.0 Å². The van der Waals surface area contributed by atoms with Gasteiger partial charge in [0.1, 0.15) is 0 Å². The lowest BCUT2D eigenvalue weighted by Gasteiger charge is -2.13. The van der Waals surface area contributed by atoms with E-state index in [2.05, 4.69) is 10.3 Å². The Balaban J connectivity index is 1.77.